The number of pyridine rings is 1. The molecule has 8 heteroatoms. The lowest BCUT2D eigenvalue weighted by Crippen LogP contribution is -2.30. The fraction of sp³-hybridized carbons (Fsp3) is 0.174. The number of fused-ring (bicyclic) bond motifs is 1. The van der Waals surface area contributed by atoms with Gasteiger partial charge in [-0.3, -0.25) is 14.7 Å². The van der Waals surface area contributed by atoms with Crippen molar-refractivity contribution in [2.45, 2.75) is 24.3 Å². The summed E-state index contributed by atoms with van der Waals surface area (Å²) in [5, 5.41) is 0.695. The van der Waals surface area contributed by atoms with Crippen molar-refractivity contribution in [3.8, 4) is 0 Å². The second-order valence-corrected chi connectivity index (χ2v) is 9.94. The Morgan fingerprint density at radius 2 is 1.87 bits per heavy atom. The number of rotatable bonds is 8. The van der Waals surface area contributed by atoms with Crippen molar-refractivity contribution in [1.29, 1.82) is 0 Å². The molecule has 0 saturated heterocycles. The number of hydrogen-bond acceptors (Lipinski definition) is 5. The molecule has 0 aliphatic carbocycles. The zero-order chi connectivity index (χ0) is 21.6. The molecule has 0 atom stereocenters. The van der Waals surface area contributed by atoms with Gasteiger partial charge in [0.05, 0.1) is 16.8 Å². The van der Waals surface area contributed by atoms with Gasteiger partial charge in [0.15, 0.2) is 5.13 Å². The third-order valence-electron chi connectivity index (χ3n) is 4.58. The number of anilines is 1. The van der Waals surface area contributed by atoms with Gasteiger partial charge in [-0.1, -0.05) is 27.3 Å². The lowest BCUT2D eigenvalue weighted by Gasteiger charge is -2.20. The smallest absolute Gasteiger partial charge is 0.229 e. The summed E-state index contributed by atoms with van der Waals surface area (Å²) < 4.78 is 15.1. The summed E-state index contributed by atoms with van der Waals surface area (Å²) in [5.41, 5.74) is 1.88. The Kier molecular flexibility index (Phi) is 7.32. The maximum Gasteiger partial charge on any atom is 0.229 e. The molecule has 158 valence electrons. The monoisotopic (exact) mass is 515 g/mol. The average molecular weight is 516 g/mol. The molecule has 4 rings (SSSR count). The van der Waals surface area contributed by atoms with Crippen LogP contribution in [0.3, 0.4) is 0 Å². The molecule has 0 aliphatic rings. The van der Waals surface area contributed by atoms with Crippen LogP contribution < -0.4 is 4.90 Å². The Labute approximate surface area is 196 Å². The van der Waals surface area contributed by atoms with Crippen LogP contribution in [0.25, 0.3) is 10.2 Å². The molecule has 4 nitrogen and oxygen atoms in total. The summed E-state index contributed by atoms with van der Waals surface area (Å²) in [6.07, 6.45) is 4.60. The molecule has 2 aromatic heterocycles. The number of amides is 1. The third kappa shape index (κ3) is 5.90. The second-order valence-electron chi connectivity index (χ2n) is 6.85. The van der Waals surface area contributed by atoms with E-state index in [2.05, 4.69) is 20.9 Å². The van der Waals surface area contributed by atoms with Crippen molar-refractivity contribution in [2.24, 2.45) is 0 Å². The normalized spacial score (nSPS) is 11.0. The topological polar surface area (TPSA) is 46.1 Å². The highest BCUT2D eigenvalue weighted by atomic mass is 79.9. The highest BCUT2D eigenvalue weighted by Gasteiger charge is 2.20. The summed E-state index contributed by atoms with van der Waals surface area (Å²) in [4.78, 5) is 24.7. The number of aromatic nitrogens is 2. The van der Waals surface area contributed by atoms with E-state index >= 15 is 0 Å². The Morgan fingerprint density at radius 1 is 1.10 bits per heavy atom. The van der Waals surface area contributed by atoms with E-state index in [0.717, 1.165) is 37.3 Å². The van der Waals surface area contributed by atoms with Crippen LogP contribution in [-0.4, -0.2) is 21.6 Å². The van der Waals surface area contributed by atoms with Gasteiger partial charge < -0.3 is 0 Å². The zero-order valence-corrected chi connectivity index (χ0v) is 19.7. The van der Waals surface area contributed by atoms with Gasteiger partial charge in [0.25, 0.3) is 0 Å². The first-order valence-corrected chi connectivity index (χ1v) is 12.3. The summed E-state index contributed by atoms with van der Waals surface area (Å²) in [5.74, 6) is 0.580. The van der Waals surface area contributed by atoms with Crippen molar-refractivity contribution in [3.63, 3.8) is 0 Å². The predicted molar refractivity (Wildman–Crippen MR) is 129 cm³/mol. The number of benzene rings is 2. The van der Waals surface area contributed by atoms with Crippen LogP contribution in [0.15, 0.2) is 76.4 Å². The number of nitrogens with zero attached hydrogens (tertiary/aromatic N) is 3. The summed E-state index contributed by atoms with van der Waals surface area (Å²) in [7, 11) is 0. The first-order valence-electron chi connectivity index (χ1n) is 9.72. The molecule has 4 aromatic rings. The first-order chi connectivity index (χ1) is 15.1. The molecular weight excluding hydrogens is 497 g/mol. The Hall–Kier alpha value is -2.29. The van der Waals surface area contributed by atoms with Crippen LogP contribution in [0.5, 0.6) is 0 Å². The number of thioether (sulfide) groups is 1. The van der Waals surface area contributed by atoms with E-state index in [9.17, 15) is 9.18 Å². The Balaban J connectivity index is 1.46. The third-order valence-corrected chi connectivity index (χ3v) is 7.21. The number of hydrogen-bond donors (Lipinski definition) is 0. The van der Waals surface area contributed by atoms with E-state index in [1.807, 2.05) is 30.3 Å². The van der Waals surface area contributed by atoms with Crippen molar-refractivity contribution in [2.75, 3.05) is 10.7 Å². The van der Waals surface area contributed by atoms with Crippen molar-refractivity contribution in [3.05, 3.63) is 82.8 Å². The summed E-state index contributed by atoms with van der Waals surface area (Å²) >= 11 is 6.63. The van der Waals surface area contributed by atoms with Gasteiger partial charge in [-0.15, -0.1) is 11.8 Å². The molecule has 0 saturated carbocycles. The van der Waals surface area contributed by atoms with Gasteiger partial charge in [0, 0.05) is 28.2 Å². The van der Waals surface area contributed by atoms with Crippen molar-refractivity contribution < 1.29 is 9.18 Å². The van der Waals surface area contributed by atoms with Crippen LogP contribution in [-0.2, 0) is 11.3 Å². The Morgan fingerprint density at radius 3 is 2.65 bits per heavy atom. The Bertz CT molecular complexity index is 1170. The molecule has 0 unspecified atom stereocenters. The number of carbonyl (C=O) groups is 1. The van der Waals surface area contributed by atoms with E-state index in [1.54, 1.807) is 41.2 Å². The minimum Gasteiger partial charge on any atom is -0.284 e. The van der Waals surface area contributed by atoms with Crippen LogP contribution in [0.4, 0.5) is 9.52 Å². The molecular formula is C23H19BrFN3OS2. The fourth-order valence-corrected chi connectivity index (χ4v) is 5.40. The van der Waals surface area contributed by atoms with Gasteiger partial charge >= 0.3 is 0 Å². The average Bonchev–Trinajstić information content (AvgIpc) is 3.19. The number of carbonyl (C=O) groups excluding carboxylic acids is 1. The summed E-state index contributed by atoms with van der Waals surface area (Å²) in [6.45, 7) is 0.452. The highest BCUT2D eigenvalue weighted by molar-refractivity contribution is 9.10. The van der Waals surface area contributed by atoms with Crippen LogP contribution in [0.1, 0.15) is 18.4 Å². The number of halogens is 2. The van der Waals surface area contributed by atoms with E-state index in [0.29, 0.717) is 18.1 Å². The SMILES string of the molecule is O=C(CCCSc1ccc(F)cc1)N(Cc1ccncc1)c1nc2ccc(Br)cc2s1. The van der Waals surface area contributed by atoms with Crippen molar-refractivity contribution >= 4 is 60.3 Å². The van der Waals surface area contributed by atoms with E-state index in [-0.39, 0.29) is 11.7 Å². The molecule has 0 spiro atoms. The van der Waals surface area contributed by atoms with E-state index < -0.39 is 0 Å². The maximum atomic E-state index is 13.2. The standard InChI is InChI=1S/C23H19BrFN3OS2/c24-17-3-8-20-21(14-17)31-23(27-20)28(15-16-9-11-26-12-10-16)22(29)2-1-13-30-19-6-4-18(25)5-7-19/h3-12,14H,1-2,13,15H2. The van der Waals surface area contributed by atoms with Gasteiger partial charge in [-0.25, -0.2) is 9.37 Å². The predicted octanol–water partition coefficient (Wildman–Crippen LogP) is 6.70. The van der Waals surface area contributed by atoms with Gasteiger partial charge in [0.2, 0.25) is 5.91 Å². The van der Waals surface area contributed by atoms with Crippen molar-refractivity contribution in [1.82, 2.24) is 9.97 Å². The fourth-order valence-electron chi connectivity index (χ4n) is 3.01. The lowest BCUT2D eigenvalue weighted by atomic mass is 10.2. The van der Waals surface area contributed by atoms with Gasteiger partial charge in [-0.2, -0.15) is 0 Å². The molecule has 2 heterocycles. The van der Waals surface area contributed by atoms with Crippen LogP contribution in [0.2, 0.25) is 0 Å². The summed E-state index contributed by atoms with van der Waals surface area (Å²) in [6, 6.07) is 16.2. The highest BCUT2D eigenvalue weighted by Crippen LogP contribution is 2.32. The largest absolute Gasteiger partial charge is 0.284 e. The van der Waals surface area contributed by atoms with E-state index in [4.69, 9.17) is 4.98 Å². The van der Waals surface area contributed by atoms with Gasteiger partial charge in [-0.05, 0) is 72.3 Å². The quantitative estimate of drug-likeness (QED) is 0.193. The minimum absolute atomic E-state index is 0.0367. The molecule has 1 amide bonds. The van der Waals surface area contributed by atoms with Crippen LogP contribution in [0, 0.1) is 5.82 Å². The molecule has 0 bridgehead atoms. The molecule has 0 fully saturated rings. The molecule has 0 radical (unpaired) electrons. The second kappa shape index (κ2) is 10.3. The minimum atomic E-state index is -0.242. The molecule has 0 N–H and O–H groups in total. The first kappa shape index (κ1) is 21.9. The van der Waals surface area contributed by atoms with E-state index in [1.165, 1.54) is 23.5 Å². The lowest BCUT2D eigenvalue weighted by molar-refractivity contribution is -0.118. The van der Waals surface area contributed by atoms with Crippen LogP contribution >= 0.6 is 39.0 Å². The molecule has 0 aliphatic heterocycles. The number of thiazole rings is 1. The molecule has 2 aromatic carbocycles. The van der Waals surface area contributed by atoms with Gasteiger partial charge in [0.1, 0.15) is 5.82 Å². The maximum absolute atomic E-state index is 13.2. The zero-order valence-electron chi connectivity index (χ0n) is 16.5. The molecule has 31 heavy (non-hydrogen) atoms.